The smallest absolute Gasteiger partial charge is 0.293 e. The van der Waals surface area contributed by atoms with Crippen LogP contribution in [0.2, 0.25) is 0 Å². The molecule has 3 fully saturated rings. The second kappa shape index (κ2) is 8.64. The van der Waals surface area contributed by atoms with Gasteiger partial charge in [-0.05, 0) is 12.8 Å². The molecule has 3 N–H and O–H groups in total. The van der Waals surface area contributed by atoms with Crippen LogP contribution in [-0.2, 0) is 9.47 Å². The maximum absolute atomic E-state index is 13.1. The lowest BCUT2D eigenvalue weighted by molar-refractivity contribution is -0.262. The quantitative estimate of drug-likeness (QED) is 0.355. The number of hydrazone groups is 1. The number of anilines is 1. The second-order valence-corrected chi connectivity index (χ2v) is 8.60. The minimum absolute atomic E-state index is 0.0273. The van der Waals surface area contributed by atoms with E-state index in [0.717, 1.165) is 31.6 Å². The standard InChI is InChI=1S/C20H27F2N5O4/c1-19(10-28)8-27(9-19)13-4-16(31-14-2-3-14)18(25-5-13)15(26-23)6-24-7-17-29-11-20(21,22)12-30-17/h4-6,14,17,28H,2-3,7-12,23H2,1H3/b24-6?,26-15+. The van der Waals surface area contributed by atoms with Crippen LogP contribution in [0, 0.1) is 5.41 Å². The Morgan fingerprint density at radius 2 is 2.10 bits per heavy atom. The Morgan fingerprint density at radius 3 is 2.71 bits per heavy atom. The highest BCUT2D eigenvalue weighted by Gasteiger charge is 2.39. The zero-order valence-corrected chi connectivity index (χ0v) is 17.3. The van der Waals surface area contributed by atoms with E-state index in [0.29, 0.717) is 17.2 Å². The van der Waals surface area contributed by atoms with Crippen LogP contribution in [0.1, 0.15) is 25.5 Å². The number of pyridine rings is 1. The Balaban J connectivity index is 1.44. The summed E-state index contributed by atoms with van der Waals surface area (Å²) in [5.41, 5.74) is 1.53. The molecule has 170 valence electrons. The van der Waals surface area contributed by atoms with Gasteiger partial charge in [0.2, 0.25) is 0 Å². The van der Waals surface area contributed by atoms with E-state index in [1.54, 1.807) is 6.20 Å². The van der Waals surface area contributed by atoms with Gasteiger partial charge in [0.1, 0.15) is 30.4 Å². The SMILES string of the molecule is CC1(CO)CN(c2cnc(/C(C=NCC3OCC(F)(F)CO3)=N/N)c(OC3CC3)c2)C1. The van der Waals surface area contributed by atoms with Gasteiger partial charge in [-0.25, -0.2) is 13.8 Å². The first-order valence-corrected chi connectivity index (χ1v) is 10.2. The highest BCUT2D eigenvalue weighted by atomic mass is 19.3. The van der Waals surface area contributed by atoms with Crippen LogP contribution in [0.3, 0.4) is 0 Å². The van der Waals surface area contributed by atoms with Gasteiger partial charge in [-0.15, -0.1) is 0 Å². The van der Waals surface area contributed by atoms with Crippen LogP contribution < -0.4 is 15.5 Å². The lowest BCUT2D eigenvalue weighted by Gasteiger charge is -2.48. The molecule has 1 aromatic heterocycles. The van der Waals surface area contributed by atoms with Gasteiger partial charge in [0.25, 0.3) is 5.92 Å². The minimum atomic E-state index is -2.98. The van der Waals surface area contributed by atoms with Crippen LogP contribution in [0.25, 0.3) is 0 Å². The number of halogens is 2. The predicted molar refractivity (Wildman–Crippen MR) is 110 cm³/mol. The third kappa shape index (κ3) is 5.28. The molecule has 0 unspecified atom stereocenters. The first kappa shape index (κ1) is 21.8. The lowest BCUT2D eigenvalue weighted by Crippen LogP contribution is -2.56. The molecule has 0 atom stereocenters. The summed E-state index contributed by atoms with van der Waals surface area (Å²) in [5, 5.41) is 13.3. The Labute approximate surface area is 178 Å². The molecule has 0 amide bonds. The maximum Gasteiger partial charge on any atom is 0.293 e. The third-order valence-corrected chi connectivity index (χ3v) is 5.36. The third-order valence-electron chi connectivity index (χ3n) is 5.36. The van der Waals surface area contributed by atoms with E-state index in [4.69, 9.17) is 20.1 Å². The summed E-state index contributed by atoms with van der Waals surface area (Å²) in [6, 6.07) is 1.89. The van der Waals surface area contributed by atoms with Crippen molar-refractivity contribution in [2.24, 2.45) is 21.4 Å². The van der Waals surface area contributed by atoms with E-state index in [-0.39, 0.29) is 24.7 Å². The van der Waals surface area contributed by atoms with E-state index in [1.165, 1.54) is 6.21 Å². The fraction of sp³-hybridized carbons (Fsp3) is 0.650. The average molecular weight is 439 g/mol. The van der Waals surface area contributed by atoms with E-state index in [9.17, 15) is 13.9 Å². The molecule has 0 bridgehead atoms. The minimum Gasteiger partial charge on any atom is -0.488 e. The fourth-order valence-electron chi connectivity index (χ4n) is 3.42. The molecule has 2 aliphatic heterocycles. The van der Waals surface area contributed by atoms with Gasteiger partial charge in [-0.3, -0.25) is 4.99 Å². The number of ether oxygens (including phenoxy) is 3. The van der Waals surface area contributed by atoms with E-state index in [2.05, 4.69) is 20.0 Å². The zero-order chi connectivity index (χ0) is 22.1. The highest BCUT2D eigenvalue weighted by Crippen LogP contribution is 2.37. The van der Waals surface area contributed by atoms with E-state index >= 15 is 0 Å². The van der Waals surface area contributed by atoms with E-state index in [1.807, 2.05) is 13.0 Å². The van der Waals surface area contributed by atoms with Crippen LogP contribution in [0.5, 0.6) is 5.75 Å². The molecule has 3 aliphatic rings. The van der Waals surface area contributed by atoms with Crippen LogP contribution in [-0.4, -0.2) is 79.8 Å². The van der Waals surface area contributed by atoms with E-state index < -0.39 is 25.4 Å². The number of rotatable bonds is 8. The molecule has 1 aliphatic carbocycles. The van der Waals surface area contributed by atoms with Gasteiger partial charge < -0.3 is 30.1 Å². The van der Waals surface area contributed by atoms with Gasteiger partial charge >= 0.3 is 0 Å². The number of hydrogen-bond acceptors (Lipinski definition) is 9. The monoisotopic (exact) mass is 439 g/mol. The summed E-state index contributed by atoms with van der Waals surface area (Å²) < 4.78 is 42.1. The van der Waals surface area contributed by atoms with Gasteiger partial charge in [-0.2, -0.15) is 5.10 Å². The topological polar surface area (TPSA) is 115 Å². The van der Waals surface area contributed by atoms with Crippen molar-refractivity contribution in [1.82, 2.24) is 4.98 Å². The van der Waals surface area contributed by atoms with Crippen LogP contribution >= 0.6 is 0 Å². The molecule has 3 heterocycles. The summed E-state index contributed by atoms with van der Waals surface area (Å²) in [6.45, 7) is 2.26. The number of aliphatic imine (C=N–C) groups is 1. The van der Waals surface area contributed by atoms with Gasteiger partial charge in [0.15, 0.2) is 6.29 Å². The zero-order valence-electron chi connectivity index (χ0n) is 17.3. The van der Waals surface area contributed by atoms with Crippen molar-refractivity contribution in [2.45, 2.75) is 38.1 Å². The van der Waals surface area contributed by atoms with Crippen LogP contribution in [0.15, 0.2) is 22.4 Å². The molecular formula is C20H27F2N5O4. The van der Waals surface area contributed by atoms with Crippen LogP contribution in [0.4, 0.5) is 14.5 Å². The number of nitrogens with zero attached hydrogens (tertiary/aromatic N) is 4. The normalized spacial score (nSPS) is 23.7. The molecular weight excluding hydrogens is 412 g/mol. The van der Waals surface area contributed by atoms with Crippen molar-refractivity contribution in [3.8, 4) is 5.75 Å². The summed E-state index contributed by atoms with van der Waals surface area (Å²) in [7, 11) is 0. The largest absolute Gasteiger partial charge is 0.488 e. The highest BCUT2D eigenvalue weighted by molar-refractivity contribution is 6.38. The number of hydrogen-bond donors (Lipinski definition) is 2. The van der Waals surface area contributed by atoms with Crippen molar-refractivity contribution in [3.05, 3.63) is 18.0 Å². The first-order valence-electron chi connectivity index (χ1n) is 10.2. The molecule has 0 radical (unpaired) electrons. The summed E-state index contributed by atoms with van der Waals surface area (Å²) in [6.07, 6.45) is 4.35. The number of aliphatic hydroxyl groups excluding tert-OH is 1. The number of aliphatic hydroxyl groups is 1. The summed E-state index contributed by atoms with van der Waals surface area (Å²) in [5.74, 6) is 3.14. The lowest BCUT2D eigenvalue weighted by atomic mass is 9.82. The van der Waals surface area contributed by atoms with Crippen molar-refractivity contribution < 1.29 is 28.1 Å². The van der Waals surface area contributed by atoms with Crippen molar-refractivity contribution in [1.29, 1.82) is 0 Å². The Morgan fingerprint density at radius 1 is 1.39 bits per heavy atom. The molecule has 1 saturated carbocycles. The van der Waals surface area contributed by atoms with Crippen molar-refractivity contribution in [2.75, 3.05) is 44.4 Å². The van der Waals surface area contributed by atoms with Gasteiger partial charge in [0, 0.05) is 24.6 Å². The molecule has 1 aromatic rings. The number of nitrogens with two attached hydrogens (primary N) is 1. The second-order valence-electron chi connectivity index (χ2n) is 8.60. The summed E-state index contributed by atoms with van der Waals surface area (Å²) >= 11 is 0. The predicted octanol–water partition coefficient (Wildman–Crippen LogP) is 1.18. The molecule has 9 nitrogen and oxygen atoms in total. The fourth-order valence-corrected chi connectivity index (χ4v) is 3.42. The molecule has 4 rings (SSSR count). The van der Waals surface area contributed by atoms with Gasteiger partial charge in [0.05, 0.1) is 37.4 Å². The molecule has 0 spiro atoms. The molecule has 31 heavy (non-hydrogen) atoms. The van der Waals surface area contributed by atoms with Crippen molar-refractivity contribution in [3.63, 3.8) is 0 Å². The molecule has 2 saturated heterocycles. The maximum atomic E-state index is 13.1. The molecule has 11 heteroatoms. The summed E-state index contributed by atoms with van der Waals surface area (Å²) in [4.78, 5) is 10.8. The Bertz CT molecular complexity index is 846. The van der Waals surface area contributed by atoms with Crippen molar-refractivity contribution >= 4 is 17.6 Å². The Hall–Kier alpha value is -2.37. The average Bonchev–Trinajstić information content (AvgIpc) is 3.54. The molecule has 0 aromatic carbocycles. The number of alkyl halides is 2. The van der Waals surface area contributed by atoms with Gasteiger partial charge in [-0.1, -0.05) is 6.92 Å². The number of aromatic nitrogens is 1. The Kier molecular flexibility index (Phi) is 6.09. The first-order chi connectivity index (χ1) is 14.8.